The largest absolute Gasteiger partial charge is 0.506 e. The quantitative estimate of drug-likeness (QED) is 0.492. The fraction of sp³-hybridized carbons (Fsp3) is 0. The van der Waals surface area contributed by atoms with E-state index in [2.05, 4.69) is 15.0 Å². The van der Waals surface area contributed by atoms with E-state index in [4.69, 9.17) is 0 Å². The number of aromatic nitrogens is 3. The fourth-order valence-corrected chi connectivity index (χ4v) is 2.19. The van der Waals surface area contributed by atoms with E-state index in [9.17, 15) is 20.3 Å². The van der Waals surface area contributed by atoms with Gasteiger partial charge in [0.05, 0.1) is 22.2 Å². The maximum absolute atomic E-state index is 11.2. The Balaban J connectivity index is 0.00000208. The topological polar surface area (TPSA) is 154 Å². The van der Waals surface area contributed by atoms with Gasteiger partial charge in [-0.2, -0.15) is 5.26 Å². The van der Waals surface area contributed by atoms with Gasteiger partial charge in [0, 0.05) is 12.4 Å². The molecule has 3 rings (SSSR count). The van der Waals surface area contributed by atoms with Crippen LogP contribution in [-0.2, 0) is 0 Å². The number of carbonyl (C=O) groups is 1. The summed E-state index contributed by atoms with van der Waals surface area (Å²) < 4.78 is 0. The lowest BCUT2D eigenvalue weighted by Gasteiger charge is -2.05. The number of hydrogen-bond donors (Lipinski definition) is 3. The number of rotatable bonds is 3. The van der Waals surface area contributed by atoms with E-state index in [1.807, 2.05) is 12.1 Å². The first-order chi connectivity index (χ1) is 11.1. The van der Waals surface area contributed by atoms with Crippen LogP contribution in [0.4, 0.5) is 0 Å². The van der Waals surface area contributed by atoms with Crippen LogP contribution in [0.3, 0.4) is 0 Å². The summed E-state index contributed by atoms with van der Waals surface area (Å²) >= 11 is 0. The number of aromatic amines is 1. The van der Waals surface area contributed by atoms with E-state index >= 15 is 0 Å². The molecule has 1 aromatic carbocycles. The molecular formula is C16H12N4O4. The van der Waals surface area contributed by atoms with Crippen molar-refractivity contribution in [2.45, 2.75) is 0 Å². The Kier molecular flexibility index (Phi) is 4.58. The monoisotopic (exact) mass is 324 g/mol. The molecule has 24 heavy (non-hydrogen) atoms. The van der Waals surface area contributed by atoms with E-state index in [-0.39, 0.29) is 28.0 Å². The highest BCUT2D eigenvalue weighted by molar-refractivity contribution is 6.00. The number of aliphatic hydroxyl groups is 1. The van der Waals surface area contributed by atoms with E-state index in [0.29, 0.717) is 11.0 Å². The van der Waals surface area contributed by atoms with Crippen LogP contribution in [0.5, 0.6) is 0 Å². The molecule has 3 aromatic rings. The second-order valence-corrected chi connectivity index (χ2v) is 4.66. The molecule has 0 bridgehead atoms. The molecule has 8 heteroatoms. The summed E-state index contributed by atoms with van der Waals surface area (Å²) in [5, 5.41) is 28.9. The normalized spacial score (nSPS) is 11.3. The van der Waals surface area contributed by atoms with Gasteiger partial charge in [-0.3, -0.25) is 4.98 Å². The molecular weight excluding hydrogens is 312 g/mol. The second kappa shape index (κ2) is 6.60. The van der Waals surface area contributed by atoms with Crippen LogP contribution >= 0.6 is 0 Å². The number of pyridine rings is 1. The Labute approximate surface area is 135 Å². The van der Waals surface area contributed by atoms with Gasteiger partial charge in [0.1, 0.15) is 17.4 Å². The SMILES string of the molecule is N#C/C(=C(/O)c1cnccc1C(=O)O)c1nc2ccccc2[nH]1.O. The Hall–Kier alpha value is -3.70. The molecule has 0 radical (unpaired) electrons. The van der Waals surface area contributed by atoms with Gasteiger partial charge >= 0.3 is 5.97 Å². The number of nitrogens with zero attached hydrogens (tertiary/aromatic N) is 3. The summed E-state index contributed by atoms with van der Waals surface area (Å²) in [5.41, 5.74) is 0.982. The molecule has 0 unspecified atom stereocenters. The molecule has 2 aromatic heterocycles. The van der Waals surface area contributed by atoms with Crippen LogP contribution in [0.1, 0.15) is 21.7 Å². The summed E-state index contributed by atoms with van der Waals surface area (Å²) in [7, 11) is 0. The molecule has 0 saturated carbocycles. The van der Waals surface area contributed by atoms with Crippen LogP contribution in [0, 0.1) is 11.3 Å². The van der Waals surface area contributed by atoms with Crippen molar-refractivity contribution in [3.05, 3.63) is 59.7 Å². The molecule has 0 atom stereocenters. The Morgan fingerprint density at radius 2 is 1.92 bits per heavy atom. The average Bonchev–Trinajstić information content (AvgIpc) is 2.99. The number of carboxylic acid groups (broad SMARTS) is 1. The maximum atomic E-state index is 11.2. The zero-order valence-electron chi connectivity index (χ0n) is 12.2. The number of carboxylic acids is 1. The number of benzene rings is 1. The maximum Gasteiger partial charge on any atom is 0.336 e. The lowest BCUT2D eigenvalue weighted by atomic mass is 10.1. The van der Waals surface area contributed by atoms with Gasteiger partial charge in [-0.05, 0) is 18.2 Å². The molecule has 5 N–H and O–H groups in total. The Morgan fingerprint density at radius 3 is 2.58 bits per heavy atom. The van der Waals surface area contributed by atoms with E-state index < -0.39 is 11.7 Å². The summed E-state index contributed by atoms with van der Waals surface area (Å²) in [6, 6.07) is 10.3. The average molecular weight is 324 g/mol. The molecule has 0 spiro atoms. The number of nitrogens with one attached hydrogen (secondary N) is 1. The highest BCUT2D eigenvalue weighted by Gasteiger charge is 2.19. The fourth-order valence-electron chi connectivity index (χ4n) is 2.19. The molecule has 0 amide bonds. The molecule has 120 valence electrons. The van der Waals surface area contributed by atoms with Gasteiger partial charge in [0.25, 0.3) is 0 Å². The minimum Gasteiger partial charge on any atom is -0.506 e. The predicted octanol–water partition coefficient (Wildman–Crippen LogP) is 1.78. The number of aliphatic hydroxyl groups excluding tert-OH is 1. The van der Waals surface area contributed by atoms with Crippen LogP contribution in [0.25, 0.3) is 22.4 Å². The highest BCUT2D eigenvalue weighted by Crippen LogP contribution is 2.25. The van der Waals surface area contributed by atoms with Crippen LogP contribution < -0.4 is 0 Å². The van der Waals surface area contributed by atoms with Crippen LogP contribution in [0.2, 0.25) is 0 Å². The molecule has 0 aliphatic carbocycles. The van der Waals surface area contributed by atoms with Gasteiger partial charge in [-0.1, -0.05) is 12.1 Å². The van der Waals surface area contributed by atoms with Crippen molar-refractivity contribution in [3.63, 3.8) is 0 Å². The van der Waals surface area contributed by atoms with Crippen molar-refractivity contribution >= 4 is 28.3 Å². The number of allylic oxidation sites excluding steroid dienone is 1. The summed E-state index contributed by atoms with van der Waals surface area (Å²) in [6.07, 6.45) is 2.49. The van der Waals surface area contributed by atoms with Crippen molar-refractivity contribution in [1.29, 1.82) is 5.26 Å². The van der Waals surface area contributed by atoms with Gasteiger partial charge < -0.3 is 20.7 Å². The Morgan fingerprint density at radius 1 is 1.17 bits per heavy atom. The number of fused-ring (bicyclic) bond motifs is 1. The highest BCUT2D eigenvalue weighted by atomic mass is 16.4. The first-order valence-corrected chi connectivity index (χ1v) is 6.58. The zero-order valence-corrected chi connectivity index (χ0v) is 12.2. The van der Waals surface area contributed by atoms with E-state index in [1.54, 1.807) is 18.2 Å². The second-order valence-electron chi connectivity index (χ2n) is 4.66. The first-order valence-electron chi connectivity index (χ1n) is 6.58. The van der Waals surface area contributed by atoms with Crippen LogP contribution in [-0.4, -0.2) is 36.6 Å². The van der Waals surface area contributed by atoms with Gasteiger partial charge in [-0.25, -0.2) is 9.78 Å². The minimum absolute atomic E-state index is 0. The number of imidazole rings is 1. The first kappa shape index (κ1) is 16.7. The van der Waals surface area contributed by atoms with Gasteiger partial charge in [0.15, 0.2) is 5.82 Å². The van der Waals surface area contributed by atoms with E-state index in [1.165, 1.54) is 18.5 Å². The van der Waals surface area contributed by atoms with Crippen molar-refractivity contribution in [3.8, 4) is 6.07 Å². The minimum atomic E-state index is -1.23. The smallest absolute Gasteiger partial charge is 0.336 e. The number of nitriles is 1. The van der Waals surface area contributed by atoms with Crippen molar-refractivity contribution in [2.75, 3.05) is 0 Å². The standard InChI is InChI=1S/C16H10N4O3.H2O/c17-7-10(15-19-12-3-1-2-4-13(12)20-15)14(21)11-8-18-6-5-9(11)16(22)23;/h1-6,8,21H,(H,19,20)(H,22,23);1H2/b14-10-;. The molecule has 0 aliphatic rings. The summed E-state index contributed by atoms with van der Waals surface area (Å²) in [6.45, 7) is 0. The summed E-state index contributed by atoms with van der Waals surface area (Å²) in [4.78, 5) is 22.2. The predicted molar refractivity (Wildman–Crippen MR) is 86.0 cm³/mol. The lowest BCUT2D eigenvalue weighted by Crippen LogP contribution is -2.04. The lowest BCUT2D eigenvalue weighted by molar-refractivity contribution is 0.0696. The number of para-hydroxylation sites is 2. The molecule has 0 aliphatic heterocycles. The third-order valence-electron chi connectivity index (χ3n) is 3.28. The van der Waals surface area contributed by atoms with Crippen LogP contribution in [0.15, 0.2) is 42.7 Å². The van der Waals surface area contributed by atoms with Crippen molar-refractivity contribution in [2.24, 2.45) is 0 Å². The number of H-pyrrole nitrogens is 1. The molecule has 0 fully saturated rings. The van der Waals surface area contributed by atoms with Crippen molar-refractivity contribution < 1.29 is 20.5 Å². The van der Waals surface area contributed by atoms with Gasteiger partial charge in [0.2, 0.25) is 0 Å². The summed E-state index contributed by atoms with van der Waals surface area (Å²) in [5.74, 6) is -1.56. The zero-order chi connectivity index (χ0) is 16.4. The third kappa shape index (κ3) is 2.79. The molecule has 2 heterocycles. The molecule has 0 saturated heterocycles. The number of aromatic carboxylic acids is 1. The Bertz CT molecular complexity index is 952. The van der Waals surface area contributed by atoms with E-state index in [0.717, 1.165) is 0 Å². The van der Waals surface area contributed by atoms with Crippen molar-refractivity contribution in [1.82, 2.24) is 15.0 Å². The number of hydrogen-bond acceptors (Lipinski definition) is 5. The third-order valence-corrected chi connectivity index (χ3v) is 3.28. The van der Waals surface area contributed by atoms with Gasteiger partial charge in [-0.15, -0.1) is 0 Å². The molecule has 8 nitrogen and oxygen atoms in total.